The maximum Gasteiger partial charge on any atom is 0.317 e. The van der Waals surface area contributed by atoms with Gasteiger partial charge in [0.2, 0.25) is 0 Å². The number of carboxylic acid groups (broad SMARTS) is 1. The van der Waals surface area contributed by atoms with Gasteiger partial charge in [-0.05, 0) is 18.6 Å². The second-order valence-electron chi connectivity index (χ2n) is 5.29. The Hall–Kier alpha value is -0.950. The highest BCUT2D eigenvalue weighted by atomic mass is 32.2. The fourth-order valence-electron chi connectivity index (χ4n) is 2.55. The molecule has 6 nitrogen and oxygen atoms in total. The molecule has 0 spiro atoms. The molecule has 114 valence electrons. The van der Waals surface area contributed by atoms with Crippen molar-refractivity contribution in [2.75, 3.05) is 45.0 Å². The van der Waals surface area contributed by atoms with Gasteiger partial charge in [0.1, 0.15) is 0 Å². The van der Waals surface area contributed by atoms with Crippen LogP contribution in [0.1, 0.15) is 19.3 Å². The van der Waals surface area contributed by atoms with Gasteiger partial charge in [0.05, 0.1) is 6.42 Å². The molecule has 2 rings (SSSR count). The van der Waals surface area contributed by atoms with Crippen molar-refractivity contribution in [3.8, 4) is 0 Å². The quantitative estimate of drug-likeness (QED) is 0.781. The normalized spacial score (nSPS) is 23.8. The summed E-state index contributed by atoms with van der Waals surface area (Å²) in [4.78, 5) is 26.5. The largest absolute Gasteiger partial charge is 0.481 e. The zero-order valence-corrected chi connectivity index (χ0v) is 12.5. The standard InChI is InChI=1S/C13H23N3O3S/c17-12(18)3-4-15-5-7-16(8-6-15)13(19)14-10-11-2-1-9-20-11/h11H,1-10H2,(H,14,19)(H,17,18). The lowest BCUT2D eigenvalue weighted by molar-refractivity contribution is -0.137. The lowest BCUT2D eigenvalue weighted by Gasteiger charge is -2.34. The number of carbonyl (C=O) groups excluding carboxylic acids is 1. The van der Waals surface area contributed by atoms with E-state index in [9.17, 15) is 9.59 Å². The number of rotatable bonds is 5. The van der Waals surface area contributed by atoms with Crippen molar-refractivity contribution in [1.82, 2.24) is 15.1 Å². The highest BCUT2D eigenvalue weighted by Crippen LogP contribution is 2.25. The molecule has 2 aliphatic rings. The molecule has 2 amide bonds. The first-order chi connectivity index (χ1) is 9.65. The van der Waals surface area contributed by atoms with Crippen molar-refractivity contribution < 1.29 is 14.7 Å². The molecule has 2 aliphatic heterocycles. The molecule has 1 unspecified atom stereocenters. The molecule has 2 fully saturated rings. The maximum atomic E-state index is 12.0. The number of piperazine rings is 1. The zero-order valence-electron chi connectivity index (χ0n) is 11.7. The molecule has 0 aliphatic carbocycles. The molecular formula is C13H23N3O3S. The van der Waals surface area contributed by atoms with Crippen LogP contribution < -0.4 is 5.32 Å². The van der Waals surface area contributed by atoms with Gasteiger partial charge in [0.25, 0.3) is 0 Å². The summed E-state index contributed by atoms with van der Waals surface area (Å²) in [5.41, 5.74) is 0. The number of hydrogen-bond donors (Lipinski definition) is 2. The Morgan fingerprint density at radius 2 is 2.00 bits per heavy atom. The number of urea groups is 1. The minimum atomic E-state index is -0.765. The van der Waals surface area contributed by atoms with E-state index < -0.39 is 5.97 Å². The monoisotopic (exact) mass is 301 g/mol. The predicted octanol–water partition coefficient (Wildman–Crippen LogP) is 0.684. The SMILES string of the molecule is O=C(O)CCN1CCN(C(=O)NCC2CCCS2)CC1. The van der Waals surface area contributed by atoms with Gasteiger partial charge in [0, 0.05) is 44.5 Å². The first-order valence-electron chi connectivity index (χ1n) is 7.23. The molecule has 0 saturated carbocycles. The van der Waals surface area contributed by atoms with Crippen LogP contribution in [0, 0.1) is 0 Å². The van der Waals surface area contributed by atoms with Crippen LogP contribution in [0.2, 0.25) is 0 Å². The smallest absolute Gasteiger partial charge is 0.317 e. The van der Waals surface area contributed by atoms with Gasteiger partial charge in [-0.25, -0.2) is 4.79 Å². The highest BCUT2D eigenvalue weighted by molar-refractivity contribution is 8.00. The van der Waals surface area contributed by atoms with Crippen LogP contribution in [-0.4, -0.2) is 77.2 Å². The van der Waals surface area contributed by atoms with Crippen molar-refractivity contribution in [2.24, 2.45) is 0 Å². The predicted molar refractivity (Wildman–Crippen MR) is 79.1 cm³/mol. The van der Waals surface area contributed by atoms with E-state index in [-0.39, 0.29) is 12.5 Å². The van der Waals surface area contributed by atoms with Crippen molar-refractivity contribution in [1.29, 1.82) is 0 Å². The first-order valence-corrected chi connectivity index (χ1v) is 8.28. The summed E-state index contributed by atoms with van der Waals surface area (Å²) in [6.45, 7) is 4.23. The summed E-state index contributed by atoms with van der Waals surface area (Å²) in [5, 5.41) is 12.2. The van der Waals surface area contributed by atoms with Crippen LogP contribution in [0.5, 0.6) is 0 Å². The van der Waals surface area contributed by atoms with Gasteiger partial charge in [-0.3, -0.25) is 9.69 Å². The Balaban J connectivity index is 1.62. The van der Waals surface area contributed by atoms with Gasteiger partial charge >= 0.3 is 12.0 Å². The minimum Gasteiger partial charge on any atom is -0.481 e. The molecule has 7 heteroatoms. The van der Waals surface area contributed by atoms with E-state index in [4.69, 9.17) is 5.11 Å². The molecule has 0 aromatic rings. The van der Waals surface area contributed by atoms with E-state index in [0.29, 0.717) is 24.9 Å². The molecule has 0 radical (unpaired) electrons. The number of aliphatic carboxylic acids is 1. The molecular weight excluding hydrogens is 278 g/mol. The minimum absolute atomic E-state index is 0.0235. The Morgan fingerprint density at radius 1 is 1.25 bits per heavy atom. The Morgan fingerprint density at radius 3 is 2.60 bits per heavy atom. The Labute approximate surface area is 123 Å². The molecule has 2 saturated heterocycles. The lowest BCUT2D eigenvalue weighted by Crippen LogP contribution is -2.52. The van der Waals surface area contributed by atoms with Gasteiger partial charge < -0.3 is 15.3 Å². The molecule has 2 heterocycles. The summed E-state index contributed by atoms with van der Waals surface area (Å²) >= 11 is 1.94. The third-order valence-electron chi connectivity index (χ3n) is 3.81. The fourth-order valence-corrected chi connectivity index (χ4v) is 3.75. The van der Waals surface area contributed by atoms with Gasteiger partial charge in [-0.2, -0.15) is 11.8 Å². The van der Waals surface area contributed by atoms with Crippen LogP contribution in [0.15, 0.2) is 0 Å². The van der Waals surface area contributed by atoms with E-state index in [1.165, 1.54) is 18.6 Å². The van der Waals surface area contributed by atoms with E-state index in [1.54, 1.807) is 0 Å². The number of hydrogen-bond acceptors (Lipinski definition) is 4. The van der Waals surface area contributed by atoms with E-state index >= 15 is 0 Å². The average Bonchev–Trinajstić information content (AvgIpc) is 2.96. The highest BCUT2D eigenvalue weighted by Gasteiger charge is 2.22. The fraction of sp³-hybridized carbons (Fsp3) is 0.846. The summed E-state index contributed by atoms with van der Waals surface area (Å²) in [6, 6.07) is 0.0235. The van der Waals surface area contributed by atoms with Crippen molar-refractivity contribution in [2.45, 2.75) is 24.5 Å². The zero-order chi connectivity index (χ0) is 14.4. The summed E-state index contributed by atoms with van der Waals surface area (Å²) in [7, 11) is 0. The molecule has 0 bridgehead atoms. The molecule has 0 aromatic heterocycles. The van der Waals surface area contributed by atoms with Crippen LogP contribution >= 0.6 is 11.8 Å². The van der Waals surface area contributed by atoms with E-state index in [2.05, 4.69) is 10.2 Å². The van der Waals surface area contributed by atoms with E-state index in [0.717, 1.165) is 19.6 Å². The second kappa shape index (κ2) is 7.73. The summed E-state index contributed by atoms with van der Waals surface area (Å²) in [5.74, 6) is 0.447. The average molecular weight is 301 g/mol. The number of thioether (sulfide) groups is 1. The van der Waals surface area contributed by atoms with Crippen LogP contribution in [-0.2, 0) is 4.79 Å². The number of nitrogens with one attached hydrogen (secondary N) is 1. The van der Waals surface area contributed by atoms with Crippen LogP contribution in [0.4, 0.5) is 4.79 Å². The third kappa shape index (κ3) is 4.86. The first kappa shape index (κ1) is 15.4. The summed E-state index contributed by atoms with van der Waals surface area (Å²) < 4.78 is 0. The summed E-state index contributed by atoms with van der Waals surface area (Å²) in [6.07, 6.45) is 2.63. The Kier molecular flexibility index (Phi) is 5.97. The van der Waals surface area contributed by atoms with Gasteiger partial charge in [-0.1, -0.05) is 0 Å². The lowest BCUT2D eigenvalue weighted by atomic mass is 10.2. The van der Waals surface area contributed by atoms with Gasteiger partial charge in [-0.15, -0.1) is 0 Å². The third-order valence-corrected chi connectivity index (χ3v) is 5.20. The number of carbonyl (C=O) groups is 2. The Bertz CT molecular complexity index is 340. The molecule has 1 atom stereocenters. The van der Waals surface area contributed by atoms with E-state index in [1.807, 2.05) is 16.7 Å². The van der Waals surface area contributed by atoms with Gasteiger partial charge in [0.15, 0.2) is 0 Å². The maximum absolute atomic E-state index is 12.0. The van der Waals surface area contributed by atoms with Crippen molar-refractivity contribution in [3.05, 3.63) is 0 Å². The second-order valence-corrected chi connectivity index (χ2v) is 6.70. The molecule has 0 aromatic carbocycles. The number of amides is 2. The number of carboxylic acids is 1. The number of nitrogens with zero attached hydrogens (tertiary/aromatic N) is 2. The van der Waals surface area contributed by atoms with Crippen molar-refractivity contribution >= 4 is 23.8 Å². The topological polar surface area (TPSA) is 72.9 Å². The molecule has 2 N–H and O–H groups in total. The van der Waals surface area contributed by atoms with Crippen molar-refractivity contribution in [3.63, 3.8) is 0 Å². The molecule has 20 heavy (non-hydrogen) atoms. The van der Waals surface area contributed by atoms with Crippen LogP contribution in [0.3, 0.4) is 0 Å². The van der Waals surface area contributed by atoms with Crippen LogP contribution in [0.25, 0.3) is 0 Å².